The maximum absolute atomic E-state index is 5.97. The fraction of sp³-hybridized carbons (Fsp3) is 0.286. The van der Waals surface area contributed by atoms with E-state index in [1.54, 1.807) is 0 Å². The molecule has 0 atom stereocenters. The van der Waals surface area contributed by atoms with Crippen molar-refractivity contribution in [2.45, 2.75) is 26.7 Å². The van der Waals surface area contributed by atoms with Gasteiger partial charge in [0.2, 0.25) is 5.88 Å². The van der Waals surface area contributed by atoms with Crippen LogP contribution in [0, 0.1) is 6.92 Å². The zero-order chi connectivity index (χ0) is 14.0. The number of ether oxygens (including phenoxy) is 1. The fourth-order valence-corrected chi connectivity index (χ4v) is 2.19. The van der Waals surface area contributed by atoms with E-state index in [0.717, 1.165) is 21.3 Å². The average molecular weight is 342 g/mol. The summed E-state index contributed by atoms with van der Waals surface area (Å²) in [6.07, 6.45) is 1.40. The molecule has 0 amide bonds. The topological polar surface area (TPSA) is 35.0 Å². The summed E-state index contributed by atoms with van der Waals surface area (Å²) in [6, 6.07) is 5.92. The van der Waals surface area contributed by atoms with E-state index in [-0.39, 0.29) is 0 Å². The molecule has 100 valence electrons. The van der Waals surface area contributed by atoms with Gasteiger partial charge in [-0.05, 0) is 36.6 Å². The molecule has 0 aliphatic carbocycles. The van der Waals surface area contributed by atoms with Crippen molar-refractivity contribution < 1.29 is 4.74 Å². The SMILES string of the molecule is Cc1c(Cl)ncnc1Oc1ccc(Br)cc1C(C)C. The summed E-state index contributed by atoms with van der Waals surface area (Å²) in [6.45, 7) is 6.08. The van der Waals surface area contributed by atoms with Crippen LogP contribution in [0.15, 0.2) is 29.0 Å². The number of aromatic nitrogens is 2. The number of halogens is 2. The lowest BCUT2D eigenvalue weighted by Crippen LogP contribution is -1.98. The first-order valence-corrected chi connectivity index (χ1v) is 7.10. The van der Waals surface area contributed by atoms with Crippen molar-refractivity contribution in [1.29, 1.82) is 0 Å². The predicted octanol–water partition coefficient (Wildman–Crippen LogP) is 5.12. The zero-order valence-electron chi connectivity index (χ0n) is 10.9. The van der Waals surface area contributed by atoms with Gasteiger partial charge in [0.1, 0.15) is 17.2 Å². The number of hydrogen-bond acceptors (Lipinski definition) is 3. The van der Waals surface area contributed by atoms with E-state index in [1.165, 1.54) is 6.33 Å². The van der Waals surface area contributed by atoms with E-state index in [9.17, 15) is 0 Å². The largest absolute Gasteiger partial charge is 0.438 e. The van der Waals surface area contributed by atoms with E-state index in [1.807, 2.05) is 19.1 Å². The molecule has 0 spiro atoms. The molecule has 1 heterocycles. The summed E-state index contributed by atoms with van der Waals surface area (Å²) in [5.41, 5.74) is 1.85. The van der Waals surface area contributed by atoms with Crippen molar-refractivity contribution in [2.24, 2.45) is 0 Å². The van der Waals surface area contributed by atoms with E-state index < -0.39 is 0 Å². The predicted molar refractivity (Wildman–Crippen MR) is 80.1 cm³/mol. The molecule has 0 fully saturated rings. The van der Waals surface area contributed by atoms with Gasteiger partial charge >= 0.3 is 0 Å². The number of rotatable bonds is 3. The Morgan fingerprint density at radius 3 is 2.68 bits per heavy atom. The molecule has 0 aliphatic heterocycles. The third-order valence-corrected chi connectivity index (χ3v) is 3.65. The minimum absolute atomic E-state index is 0.352. The van der Waals surface area contributed by atoms with Crippen LogP contribution in [0.1, 0.15) is 30.9 Å². The first-order chi connectivity index (χ1) is 8.99. The Bertz CT molecular complexity index is 602. The Kier molecular flexibility index (Phi) is 4.42. The van der Waals surface area contributed by atoms with Crippen LogP contribution in [-0.4, -0.2) is 9.97 Å². The second kappa shape index (κ2) is 5.88. The standard InChI is InChI=1S/C14H14BrClN2O/c1-8(2)11-6-10(15)4-5-12(11)19-14-9(3)13(16)17-7-18-14/h4-8H,1-3H3. The van der Waals surface area contributed by atoms with Gasteiger partial charge in [0.05, 0.1) is 0 Å². The van der Waals surface area contributed by atoms with Crippen molar-refractivity contribution in [3.63, 3.8) is 0 Å². The van der Waals surface area contributed by atoms with Crippen LogP contribution in [0.5, 0.6) is 11.6 Å². The maximum atomic E-state index is 5.97. The maximum Gasteiger partial charge on any atom is 0.226 e. The van der Waals surface area contributed by atoms with Gasteiger partial charge < -0.3 is 4.74 Å². The third-order valence-electron chi connectivity index (χ3n) is 2.78. The van der Waals surface area contributed by atoms with Crippen LogP contribution < -0.4 is 4.74 Å². The summed E-state index contributed by atoms with van der Waals surface area (Å²) >= 11 is 9.44. The molecule has 0 N–H and O–H groups in total. The Hall–Kier alpha value is -1.13. The van der Waals surface area contributed by atoms with Crippen molar-refractivity contribution in [2.75, 3.05) is 0 Å². The third kappa shape index (κ3) is 3.25. The van der Waals surface area contributed by atoms with E-state index in [2.05, 4.69) is 45.8 Å². The van der Waals surface area contributed by atoms with Crippen LogP contribution >= 0.6 is 27.5 Å². The van der Waals surface area contributed by atoms with Crippen LogP contribution in [0.25, 0.3) is 0 Å². The van der Waals surface area contributed by atoms with Gasteiger partial charge in [-0.15, -0.1) is 0 Å². The molecular weight excluding hydrogens is 328 g/mol. The van der Waals surface area contributed by atoms with Crippen molar-refractivity contribution in [1.82, 2.24) is 9.97 Å². The van der Waals surface area contributed by atoms with Gasteiger partial charge in [-0.25, -0.2) is 9.97 Å². The lowest BCUT2D eigenvalue weighted by atomic mass is 10.0. The molecule has 3 nitrogen and oxygen atoms in total. The smallest absolute Gasteiger partial charge is 0.226 e. The van der Waals surface area contributed by atoms with Gasteiger partial charge in [-0.3, -0.25) is 0 Å². The van der Waals surface area contributed by atoms with E-state index >= 15 is 0 Å². The molecule has 19 heavy (non-hydrogen) atoms. The normalized spacial score (nSPS) is 10.8. The Morgan fingerprint density at radius 2 is 2.00 bits per heavy atom. The fourth-order valence-electron chi connectivity index (χ4n) is 1.68. The van der Waals surface area contributed by atoms with Gasteiger partial charge in [0, 0.05) is 10.0 Å². The highest BCUT2D eigenvalue weighted by Gasteiger charge is 2.12. The lowest BCUT2D eigenvalue weighted by Gasteiger charge is -2.14. The first-order valence-electron chi connectivity index (χ1n) is 5.93. The minimum atomic E-state index is 0.352. The summed E-state index contributed by atoms with van der Waals surface area (Å²) in [5.74, 6) is 1.63. The summed E-state index contributed by atoms with van der Waals surface area (Å²) in [5, 5.41) is 0.410. The van der Waals surface area contributed by atoms with Crippen LogP contribution in [0.3, 0.4) is 0 Å². The highest BCUT2D eigenvalue weighted by atomic mass is 79.9. The number of benzene rings is 1. The minimum Gasteiger partial charge on any atom is -0.438 e. The lowest BCUT2D eigenvalue weighted by molar-refractivity contribution is 0.449. The molecule has 0 bridgehead atoms. The van der Waals surface area contributed by atoms with Crippen molar-refractivity contribution in [3.8, 4) is 11.6 Å². The monoisotopic (exact) mass is 340 g/mol. The van der Waals surface area contributed by atoms with E-state index in [4.69, 9.17) is 16.3 Å². The second-order valence-electron chi connectivity index (χ2n) is 4.53. The summed E-state index contributed by atoms with van der Waals surface area (Å²) in [7, 11) is 0. The van der Waals surface area contributed by atoms with Crippen molar-refractivity contribution >= 4 is 27.5 Å². The Balaban J connectivity index is 2.41. The first kappa shape index (κ1) is 14.3. The van der Waals surface area contributed by atoms with Crippen LogP contribution in [-0.2, 0) is 0 Å². The molecule has 0 saturated carbocycles. The quantitative estimate of drug-likeness (QED) is 0.727. The molecular formula is C14H14BrClN2O. The number of nitrogens with zero attached hydrogens (tertiary/aromatic N) is 2. The average Bonchev–Trinajstić information content (AvgIpc) is 2.36. The highest BCUT2D eigenvalue weighted by Crippen LogP contribution is 2.33. The van der Waals surface area contributed by atoms with Gasteiger partial charge in [0.25, 0.3) is 0 Å². The molecule has 0 aliphatic rings. The van der Waals surface area contributed by atoms with Crippen LogP contribution in [0.4, 0.5) is 0 Å². The summed E-state index contributed by atoms with van der Waals surface area (Å²) in [4.78, 5) is 8.05. The van der Waals surface area contributed by atoms with Gasteiger partial charge in [-0.2, -0.15) is 0 Å². The Labute approximate surface area is 126 Å². The van der Waals surface area contributed by atoms with Gasteiger partial charge in [0.15, 0.2) is 0 Å². The molecule has 2 aromatic rings. The van der Waals surface area contributed by atoms with Crippen molar-refractivity contribution in [3.05, 3.63) is 45.3 Å². The van der Waals surface area contributed by atoms with E-state index in [0.29, 0.717) is 17.0 Å². The van der Waals surface area contributed by atoms with Crippen LogP contribution in [0.2, 0.25) is 5.15 Å². The Morgan fingerprint density at radius 1 is 1.26 bits per heavy atom. The number of hydrogen-bond donors (Lipinski definition) is 0. The molecule has 5 heteroatoms. The highest BCUT2D eigenvalue weighted by molar-refractivity contribution is 9.10. The molecule has 0 saturated heterocycles. The zero-order valence-corrected chi connectivity index (χ0v) is 13.3. The molecule has 0 unspecified atom stereocenters. The summed E-state index contributed by atoms with van der Waals surface area (Å²) < 4.78 is 6.91. The molecule has 2 rings (SSSR count). The van der Waals surface area contributed by atoms with Gasteiger partial charge in [-0.1, -0.05) is 41.4 Å². The molecule has 0 radical (unpaired) electrons. The second-order valence-corrected chi connectivity index (χ2v) is 5.81. The molecule has 1 aromatic heterocycles. The molecule has 1 aromatic carbocycles.